The number of ketones is 2. The molecule has 8 heteroatoms. The van der Waals surface area contributed by atoms with E-state index in [2.05, 4.69) is 11.9 Å². The molecule has 4 heterocycles. The third-order valence-electron chi connectivity index (χ3n) is 9.29. The normalized spacial score (nSPS) is 23.2. The number of para-hydroxylation sites is 2. The summed E-state index contributed by atoms with van der Waals surface area (Å²) in [7, 11) is 0. The summed E-state index contributed by atoms with van der Waals surface area (Å²) in [6.07, 6.45) is 5.39. The van der Waals surface area contributed by atoms with E-state index in [1.165, 1.54) is 0 Å². The van der Waals surface area contributed by atoms with Crippen molar-refractivity contribution in [3.05, 3.63) is 138 Å². The average molecular weight is 597 g/mol. The van der Waals surface area contributed by atoms with Gasteiger partial charge in [0.25, 0.3) is 0 Å². The van der Waals surface area contributed by atoms with Gasteiger partial charge < -0.3 is 24.4 Å². The Morgan fingerprint density at radius 1 is 0.956 bits per heavy atom. The van der Waals surface area contributed by atoms with E-state index in [0.717, 1.165) is 11.1 Å². The van der Waals surface area contributed by atoms with Crippen LogP contribution in [-0.4, -0.2) is 41.8 Å². The second kappa shape index (κ2) is 10.2. The summed E-state index contributed by atoms with van der Waals surface area (Å²) in [4.78, 5) is 46.7. The largest absolute Gasteiger partial charge is 0.489 e. The Balaban J connectivity index is 1.40. The Morgan fingerprint density at radius 2 is 1.73 bits per heavy atom. The molecule has 8 rings (SSSR count). The van der Waals surface area contributed by atoms with Gasteiger partial charge in [-0.15, -0.1) is 0 Å². The monoisotopic (exact) mass is 596 g/mol. The van der Waals surface area contributed by atoms with Crippen molar-refractivity contribution in [1.82, 2.24) is 4.90 Å². The maximum Gasteiger partial charge on any atom is 0.238 e. The highest BCUT2D eigenvalue weighted by Crippen LogP contribution is 2.62. The van der Waals surface area contributed by atoms with Gasteiger partial charge >= 0.3 is 0 Å². The van der Waals surface area contributed by atoms with Crippen LogP contribution in [0.15, 0.2) is 110 Å². The first-order valence-electron chi connectivity index (χ1n) is 14.8. The number of rotatable bonds is 7. The molecule has 0 radical (unpaired) electrons. The number of benzene rings is 4. The summed E-state index contributed by atoms with van der Waals surface area (Å²) in [5.41, 5.74) is 2.29. The molecule has 0 bridgehead atoms. The molecule has 0 unspecified atom stereocenters. The molecule has 1 saturated heterocycles. The Morgan fingerprint density at radius 3 is 2.62 bits per heavy atom. The van der Waals surface area contributed by atoms with Gasteiger partial charge in [-0.1, -0.05) is 67.3 Å². The molecule has 4 aromatic rings. The lowest BCUT2D eigenvalue weighted by Crippen LogP contribution is -2.49. The molecule has 1 N–H and O–H groups in total. The first-order valence-corrected chi connectivity index (χ1v) is 14.8. The number of carbonyl (C=O) groups is 3. The van der Waals surface area contributed by atoms with Crippen molar-refractivity contribution in [2.45, 2.75) is 17.5 Å². The number of hydrogen-bond donors (Lipinski definition) is 1. The highest BCUT2D eigenvalue weighted by molar-refractivity contribution is 6.17. The van der Waals surface area contributed by atoms with Crippen LogP contribution in [0.4, 0.5) is 5.69 Å². The summed E-state index contributed by atoms with van der Waals surface area (Å²) in [5, 5.41) is 3.08. The van der Waals surface area contributed by atoms with Gasteiger partial charge in [0.1, 0.15) is 23.8 Å². The summed E-state index contributed by atoms with van der Waals surface area (Å²) in [6, 6.07) is 25.6. The Labute approximate surface area is 259 Å². The van der Waals surface area contributed by atoms with Crippen LogP contribution in [-0.2, 0) is 10.2 Å². The van der Waals surface area contributed by atoms with Crippen LogP contribution in [0.25, 0.3) is 6.08 Å². The number of hydrogen-bond acceptors (Lipinski definition) is 7. The van der Waals surface area contributed by atoms with Crippen molar-refractivity contribution < 1.29 is 28.6 Å². The van der Waals surface area contributed by atoms with Gasteiger partial charge in [-0.05, 0) is 59.2 Å². The van der Waals surface area contributed by atoms with Gasteiger partial charge in [-0.3, -0.25) is 14.4 Å². The molecule has 4 atom stereocenters. The lowest BCUT2D eigenvalue weighted by Gasteiger charge is -2.38. The van der Waals surface area contributed by atoms with Gasteiger partial charge in [0.15, 0.2) is 23.1 Å². The molecule has 0 aliphatic carbocycles. The first kappa shape index (κ1) is 27.0. The quantitative estimate of drug-likeness (QED) is 0.208. The molecule has 45 heavy (non-hydrogen) atoms. The zero-order valence-electron chi connectivity index (χ0n) is 24.1. The molecule has 0 saturated carbocycles. The standard InChI is InChI=1S/C37H28N2O6/c1-2-19-43-28-14-8-5-11-25(28)34(41)31-32(33(40)23-15-16-29-30(20-23)45-21-44-29)39-18-17-22-9-3-4-10-24(22)35(39)37(31)26-12-6-7-13-27(26)38-36(37)42/h2-18,20,31-32,35H,1,19,21H2,(H,38,42)/t31-,32+,35+,37-/m0/s1. The fourth-order valence-corrected chi connectivity index (χ4v) is 7.50. The Hall–Kier alpha value is -5.63. The molecule has 8 nitrogen and oxygen atoms in total. The minimum Gasteiger partial charge on any atom is -0.489 e. The van der Waals surface area contributed by atoms with Gasteiger partial charge in [-0.25, -0.2) is 0 Å². The second-order valence-electron chi connectivity index (χ2n) is 11.5. The molecule has 4 aliphatic rings. The molecule has 1 spiro atoms. The molecule has 1 fully saturated rings. The molecular weight excluding hydrogens is 568 g/mol. The second-order valence-corrected chi connectivity index (χ2v) is 11.5. The SMILES string of the molecule is C=CCOc1ccccc1C(=O)[C@@H]1[C@H](C(=O)c2ccc3c(c2)OCO3)N2C=Cc3ccccc3[C@@H]2[C@@]12C(=O)Nc1ccccc12. The summed E-state index contributed by atoms with van der Waals surface area (Å²) >= 11 is 0. The number of fused-ring (bicyclic) bond motifs is 7. The maximum absolute atomic E-state index is 15.2. The fraction of sp³-hybridized carbons (Fsp3) is 0.162. The van der Waals surface area contributed by atoms with Crippen molar-refractivity contribution in [3.8, 4) is 17.2 Å². The zero-order valence-corrected chi connectivity index (χ0v) is 24.1. The third-order valence-corrected chi connectivity index (χ3v) is 9.29. The van der Waals surface area contributed by atoms with E-state index in [1.54, 1.807) is 48.5 Å². The van der Waals surface area contributed by atoms with Crippen LogP contribution in [0.3, 0.4) is 0 Å². The smallest absolute Gasteiger partial charge is 0.238 e. The average Bonchev–Trinajstić information content (AvgIpc) is 3.76. The maximum atomic E-state index is 15.2. The van der Waals surface area contributed by atoms with Crippen LogP contribution in [0, 0.1) is 5.92 Å². The predicted octanol–water partition coefficient (Wildman–Crippen LogP) is 5.96. The summed E-state index contributed by atoms with van der Waals surface area (Å²) in [6.45, 7) is 3.99. The van der Waals surface area contributed by atoms with E-state index in [1.807, 2.05) is 65.7 Å². The van der Waals surface area contributed by atoms with Gasteiger partial charge in [0.05, 0.1) is 17.5 Å². The Bertz CT molecular complexity index is 1950. The van der Waals surface area contributed by atoms with Crippen molar-refractivity contribution in [2.24, 2.45) is 5.92 Å². The van der Waals surface area contributed by atoms with E-state index in [4.69, 9.17) is 14.2 Å². The highest BCUT2D eigenvalue weighted by Gasteiger charge is 2.71. The highest BCUT2D eigenvalue weighted by atomic mass is 16.7. The third kappa shape index (κ3) is 3.81. The minimum atomic E-state index is -1.45. The van der Waals surface area contributed by atoms with E-state index in [-0.39, 0.29) is 30.9 Å². The number of ether oxygens (including phenoxy) is 3. The number of carbonyl (C=O) groups excluding carboxylic acids is 3. The molecular formula is C37H28N2O6. The van der Waals surface area contributed by atoms with Crippen molar-refractivity contribution in [2.75, 3.05) is 18.7 Å². The minimum absolute atomic E-state index is 0.0623. The number of amides is 1. The van der Waals surface area contributed by atoms with Crippen LogP contribution < -0.4 is 19.5 Å². The van der Waals surface area contributed by atoms with E-state index >= 15 is 4.79 Å². The number of nitrogens with zero attached hydrogens (tertiary/aromatic N) is 1. The van der Waals surface area contributed by atoms with E-state index in [9.17, 15) is 9.59 Å². The van der Waals surface area contributed by atoms with Gasteiger partial charge in [0.2, 0.25) is 12.7 Å². The predicted molar refractivity (Wildman–Crippen MR) is 167 cm³/mol. The van der Waals surface area contributed by atoms with Gasteiger partial charge in [-0.2, -0.15) is 0 Å². The van der Waals surface area contributed by atoms with Crippen LogP contribution in [0.2, 0.25) is 0 Å². The Kier molecular flexibility index (Phi) is 6.13. The molecule has 4 aliphatic heterocycles. The van der Waals surface area contributed by atoms with E-state index in [0.29, 0.717) is 39.6 Å². The van der Waals surface area contributed by atoms with Crippen molar-refractivity contribution in [1.29, 1.82) is 0 Å². The summed E-state index contributed by atoms with van der Waals surface area (Å²) in [5.74, 6) is -0.760. The topological polar surface area (TPSA) is 94.2 Å². The van der Waals surface area contributed by atoms with Crippen molar-refractivity contribution >= 4 is 29.2 Å². The van der Waals surface area contributed by atoms with Crippen molar-refractivity contribution in [3.63, 3.8) is 0 Å². The summed E-state index contributed by atoms with van der Waals surface area (Å²) < 4.78 is 17.0. The molecule has 1 amide bonds. The lowest BCUT2D eigenvalue weighted by molar-refractivity contribution is -0.122. The van der Waals surface area contributed by atoms with Gasteiger partial charge in [0, 0.05) is 17.5 Å². The zero-order chi connectivity index (χ0) is 30.7. The van der Waals surface area contributed by atoms with Crippen LogP contribution in [0.5, 0.6) is 17.2 Å². The van der Waals surface area contributed by atoms with Crippen LogP contribution in [0.1, 0.15) is 43.4 Å². The van der Waals surface area contributed by atoms with Crippen LogP contribution >= 0.6 is 0 Å². The number of nitrogens with one attached hydrogen (secondary N) is 1. The number of Topliss-reactive ketones (excluding diaryl/α,β-unsaturated/α-hetero) is 2. The first-order chi connectivity index (χ1) is 22.0. The van der Waals surface area contributed by atoms with E-state index < -0.39 is 23.4 Å². The molecule has 0 aromatic heterocycles. The fourth-order valence-electron chi connectivity index (χ4n) is 7.50. The molecule has 4 aromatic carbocycles. The lowest BCUT2D eigenvalue weighted by atomic mass is 9.62. The molecule has 222 valence electrons. The number of anilines is 1.